The van der Waals surface area contributed by atoms with Crippen molar-refractivity contribution in [2.24, 2.45) is 5.73 Å². The number of methoxy groups -OCH3 is 1. The van der Waals surface area contributed by atoms with Crippen molar-refractivity contribution in [2.75, 3.05) is 24.4 Å². The molecule has 8 nitrogen and oxygen atoms in total. The Labute approximate surface area is 161 Å². The van der Waals surface area contributed by atoms with Gasteiger partial charge in [0, 0.05) is 5.69 Å². The van der Waals surface area contributed by atoms with Crippen molar-refractivity contribution in [3.63, 3.8) is 0 Å². The van der Waals surface area contributed by atoms with Crippen LogP contribution in [0.25, 0.3) is 0 Å². The number of esters is 1. The van der Waals surface area contributed by atoms with Gasteiger partial charge in [-0.1, -0.05) is 11.6 Å². The lowest BCUT2D eigenvalue weighted by Gasteiger charge is -2.19. The molecule has 0 fully saturated rings. The van der Waals surface area contributed by atoms with Crippen LogP contribution in [0.15, 0.2) is 18.2 Å². The van der Waals surface area contributed by atoms with Crippen molar-refractivity contribution < 1.29 is 23.9 Å². The Morgan fingerprint density at radius 1 is 1.35 bits per heavy atom. The van der Waals surface area contributed by atoms with E-state index in [-0.39, 0.29) is 0 Å². The van der Waals surface area contributed by atoms with E-state index >= 15 is 0 Å². The first-order valence-electron chi connectivity index (χ1n) is 7.68. The number of benzene rings is 1. The molecule has 0 spiro atoms. The number of ether oxygens (including phenoxy) is 2. The minimum absolute atomic E-state index is 0.331. The van der Waals surface area contributed by atoms with Gasteiger partial charge in [0.1, 0.15) is 11.8 Å². The van der Waals surface area contributed by atoms with Gasteiger partial charge in [-0.25, -0.2) is 9.59 Å². The maximum absolute atomic E-state index is 12.2. The predicted octanol–water partition coefficient (Wildman–Crippen LogP) is 2.01. The predicted molar refractivity (Wildman–Crippen MR) is 102 cm³/mol. The number of nitrogens with one attached hydrogen (secondary N) is 2. The van der Waals surface area contributed by atoms with Crippen LogP contribution in [0.4, 0.5) is 10.5 Å². The molecule has 2 atom stereocenters. The average molecular weight is 404 g/mol. The van der Waals surface area contributed by atoms with E-state index in [0.717, 1.165) is 0 Å². The van der Waals surface area contributed by atoms with E-state index < -0.39 is 30.1 Å². The van der Waals surface area contributed by atoms with Crippen LogP contribution >= 0.6 is 23.4 Å². The molecule has 0 saturated carbocycles. The zero-order chi connectivity index (χ0) is 19.7. The van der Waals surface area contributed by atoms with E-state index in [9.17, 15) is 14.4 Å². The summed E-state index contributed by atoms with van der Waals surface area (Å²) in [7, 11) is 1.48. The third-order valence-electron chi connectivity index (χ3n) is 3.29. The van der Waals surface area contributed by atoms with E-state index in [4.69, 9.17) is 26.8 Å². The van der Waals surface area contributed by atoms with Crippen molar-refractivity contribution in [1.29, 1.82) is 0 Å². The second-order valence-corrected chi connectivity index (χ2v) is 6.65. The molecule has 0 radical (unpaired) electrons. The highest BCUT2D eigenvalue weighted by Gasteiger charge is 2.25. The number of carbonyl (C=O) groups excluding carboxylic acids is 3. The minimum atomic E-state index is -1.07. The van der Waals surface area contributed by atoms with E-state index in [0.29, 0.717) is 28.6 Å². The first-order chi connectivity index (χ1) is 12.3. The molecule has 0 aliphatic heterocycles. The van der Waals surface area contributed by atoms with Crippen LogP contribution in [0.1, 0.15) is 13.3 Å². The van der Waals surface area contributed by atoms with Gasteiger partial charge in [0.15, 0.2) is 6.10 Å². The second kappa shape index (κ2) is 10.8. The summed E-state index contributed by atoms with van der Waals surface area (Å²) in [6, 6.07) is 2.98. The smallest absolute Gasteiger partial charge is 0.329 e. The topological polar surface area (TPSA) is 120 Å². The fourth-order valence-electron chi connectivity index (χ4n) is 1.95. The molecule has 1 rings (SSSR count). The summed E-state index contributed by atoms with van der Waals surface area (Å²) >= 11 is 7.50. The zero-order valence-electron chi connectivity index (χ0n) is 14.7. The van der Waals surface area contributed by atoms with Gasteiger partial charge < -0.3 is 25.8 Å². The van der Waals surface area contributed by atoms with E-state index in [1.165, 1.54) is 31.9 Å². The number of nitrogens with two attached hydrogens (primary N) is 1. The molecule has 144 valence electrons. The fraction of sp³-hybridized carbons (Fsp3) is 0.438. The number of halogens is 1. The van der Waals surface area contributed by atoms with Crippen LogP contribution in [0.2, 0.25) is 5.02 Å². The monoisotopic (exact) mass is 403 g/mol. The summed E-state index contributed by atoms with van der Waals surface area (Å²) in [5, 5.41) is 5.24. The molecule has 1 aromatic carbocycles. The summed E-state index contributed by atoms with van der Waals surface area (Å²) in [6.45, 7) is 1.42. The third-order valence-corrected chi connectivity index (χ3v) is 4.23. The molecule has 0 aliphatic carbocycles. The Morgan fingerprint density at radius 2 is 2.04 bits per heavy atom. The molecule has 0 unspecified atom stereocenters. The molecule has 4 N–H and O–H groups in total. The highest BCUT2D eigenvalue weighted by atomic mass is 35.5. The lowest BCUT2D eigenvalue weighted by Crippen LogP contribution is -2.46. The average Bonchev–Trinajstić information content (AvgIpc) is 2.58. The van der Waals surface area contributed by atoms with Crippen LogP contribution in [-0.2, 0) is 14.3 Å². The summed E-state index contributed by atoms with van der Waals surface area (Å²) in [4.78, 5) is 35.4. The molecule has 0 aliphatic rings. The number of urea groups is 1. The fourth-order valence-corrected chi connectivity index (χ4v) is 2.68. The van der Waals surface area contributed by atoms with Crippen LogP contribution < -0.4 is 21.1 Å². The quantitative estimate of drug-likeness (QED) is 0.542. The van der Waals surface area contributed by atoms with E-state index in [1.54, 1.807) is 12.1 Å². The summed E-state index contributed by atoms with van der Waals surface area (Å²) in [5.74, 6) is -0.181. The standard InChI is InChI=1S/C16H22ClN3O5S/c1-9(25-15(22)12(6-7-26-3)20-16(18)23)14(21)19-10-4-5-13(24-2)11(17)8-10/h4-5,8-9,12H,6-7H2,1-3H3,(H,19,21)(H3,18,20,23)/t9-,12+/m1/s1. The van der Waals surface area contributed by atoms with Crippen molar-refractivity contribution in [1.82, 2.24) is 5.32 Å². The maximum atomic E-state index is 12.2. The van der Waals surface area contributed by atoms with Crippen LogP contribution in [-0.4, -0.2) is 49.2 Å². The van der Waals surface area contributed by atoms with E-state index in [1.807, 2.05) is 6.26 Å². The Kier molecular flexibility index (Phi) is 9.08. The van der Waals surface area contributed by atoms with Crippen molar-refractivity contribution in [2.45, 2.75) is 25.5 Å². The summed E-state index contributed by atoms with van der Waals surface area (Å²) in [5.41, 5.74) is 5.50. The Morgan fingerprint density at radius 3 is 2.58 bits per heavy atom. The molecule has 1 aromatic rings. The Bertz CT molecular complexity index is 659. The first kappa shape index (κ1) is 21.9. The summed E-state index contributed by atoms with van der Waals surface area (Å²) in [6.07, 6.45) is 1.13. The van der Waals surface area contributed by atoms with Crippen molar-refractivity contribution in [3.8, 4) is 5.75 Å². The van der Waals surface area contributed by atoms with Gasteiger partial charge in [0.25, 0.3) is 5.91 Å². The molecule has 0 aromatic heterocycles. The van der Waals surface area contributed by atoms with Gasteiger partial charge >= 0.3 is 12.0 Å². The second-order valence-electron chi connectivity index (χ2n) is 5.26. The van der Waals surface area contributed by atoms with Gasteiger partial charge in [-0.15, -0.1) is 0 Å². The number of carbonyl (C=O) groups is 3. The zero-order valence-corrected chi connectivity index (χ0v) is 16.3. The molecule has 3 amide bonds. The maximum Gasteiger partial charge on any atom is 0.329 e. The Balaban J connectivity index is 2.67. The molecule has 0 heterocycles. The largest absolute Gasteiger partial charge is 0.495 e. The van der Waals surface area contributed by atoms with Crippen molar-refractivity contribution >= 4 is 47.0 Å². The number of hydrogen-bond donors (Lipinski definition) is 3. The van der Waals surface area contributed by atoms with Crippen LogP contribution in [0.5, 0.6) is 5.75 Å². The van der Waals surface area contributed by atoms with Gasteiger partial charge in [0.05, 0.1) is 12.1 Å². The van der Waals surface area contributed by atoms with Crippen molar-refractivity contribution in [3.05, 3.63) is 23.2 Å². The number of primary amides is 1. The van der Waals surface area contributed by atoms with E-state index in [2.05, 4.69) is 10.6 Å². The highest BCUT2D eigenvalue weighted by Crippen LogP contribution is 2.27. The van der Waals surface area contributed by atoms with Gasteiger partial charge in [0.2, 0.25) is 0 Å². The Hall–Kier alpha value is -2.13. The number of anilines is 1. The number of hydrogen-bond acceptors (Lipinski definition) is 6. The first-order valence-corrected chi connectivity index (χ1v) is 9.45. The molecule has 10 heteroatoms. The number of amides is 3. The molecule has 0 bridgehead atoms. The molecule has 0 saturated heterocycles. The minimum Gasteiger partial charge on any atom is -0.495 e. The number of rotatable bonds is 9. The molecular weight excluding hydrogens is 382 g/mol. The lowest BCUT2D eigenvalue weighted by molar-refractivity contribution is -0.155. The summed E-state index contributed by atoms with van der Waals surface area (Å²) < 4.78 is 10.2. The SMILES string of the molecule is COc1ccc(NC(=O)[C@@H](C)OC(=O)[C@H](CCSC)NC(N)=O)cc1Cl. The molecular formula is C16H22ClN3O5S. The van der Waals surface area contributed by atoms with Crippen LogP contribution in [0, 0.1) is 0 Å². The normalized spacial score (nSPS) is 12.6. The van der Waals surface area contributed by atoms with Gasteiger partial charge in [-0.05, 0) is 43.6 Å². The van der Waals surface area contributed by atoms with Crippen LogP contribution in [0.3, 0.4) is 0 Å². The van der Waals surface area contributed by atoms with Gasteiger partial charge in [-0.3, -0.25) is 4.79 Å². The molecule has 26 heavy (non-hydrogen) atoms. The highest BCUT2D eigenvalue weighted by molar-refractivity contribution is 7.98. The third kappa shape index (κ3) is 7.01. The number of thioether (sulfide) groups is 1. The lowest BCUT2D eigenvalue weighted by atomic mass is 10.2. The van der Waals surface area contributed by atoms with Gasteiger partial charge in [-0.2, -0.15) is 11.8 Å².